The van der Waals surface area contributed by atoms with Crippen LogP contribution >= 0.6 is 0 Å². The SMILES string of the molecule is Cc1ccc2c(c1C)S(=O)(=O)CCC2=O. The molecule has 0 saturated heterocycles. The van der Waals surface area contributed by atoms with Crippen LogP contribution in [-0.4, -0.2) is 20.0 Å². The lowest BCUT2D eigenvalue weighted by Gasteiger charge is -2.18. The smallest absolute Gasteiger partial charge is 0.179 e. The maximum atomic E-state index is 11.8. The van der Waals surface area contributed by atoms with Gasteiger partial charge in [-0.15, -0.1) is 0 Å². The molecule has 1 aliphatic rings. The van der Waals surface area contributed by atoms with E-state index in [0.717, 1.165) is 5.56 Å². The summed E-state index contributed by atoms with van der Waals surface area (Å²) in [5, 5.41) is 0. The van der Waals surface area contributed by atoms with Gasteiger partial charge in [-0.05, 0) is 31.0 Å². The van der Waals surface area contributed by atoms with Crippen molar-refractivity contribution in [1.82, 2.24) is 0 Å². The minimum Gasteiger partial charge on any atom is -0.294 e. The topological polar surface area (TPSA) is 51.2 Å². The van der Waals surface area contributed by atoms with Gasteiger partial charge in [0.2, 0.25) is 0 Å². The molecule has 0 N–H and O–H groups in total. The largest absolute Gasteiger partial charge is 0.294 e. The van der Waals surface area contributed by atoms with Crippen molar-refractivity contribution in [2.75, 3.05) is 5.75 Å². The molecule has 0 unspecified atom stereocenters. The number of fused-ring (bicyclic) bond motifs is 1. The van der Waals surface area contributed by atoms with Crippen LogP contribution in [0.5, 0.6) is 0 Å². The van der Waals surface area contributed by atoms with Crippen molar-refractivity contribution < 1.29 is 13.2 Å². The summed E-state index contributed by atoms with van der Waals surface area (Å²) in [5.41, 5.74) is 1.98. The summed E-state index contributed by atoms with van der Waals surface area (Å²) in [5.74, 6) is -0.119. The van der Waals surface area contributed by atoms with Gasteiger partial charge in [0.15, 0.2) is 15.6 Å². The molecule has 0 bridgehead atoms. The number of ketones is 1. The second-order valence-corrected chi connectivity index (χ2v) is 5.92. The molecule has 3 nitrogen and oxygen atoms in total. The first-order chi connectivity index (χ1) is 6.93. The van der Waals surface area contributed by atoms with Gasteiger partial charge >= 0.3 is 0 Å². The summed E-state index contributed by atoms with van der Waals surface area (Å²) >= 11 is 0. The monoisotopic (exact) mass is 224 g/mol. The summed E-state index contributed by atoms with van der Waals surface area (Å²) in [6.07, 6.45) is 0.109. The number of hydrogen-bond acceptors (Lipinski definition) is 3. The first-order valence-corrected chi connectivity index (χ1v) is 6.45. The molecule has 80 valence electrons. The molecule has 2 rings (SSSR count). The van der Waals surface area contributed by atoms with Crippen LogP contribution in [0.25, 0.3) is 0 Å². The Labute approximate surface area is 89.0 Å². The number of carbonyl (C=O) groups excluding carboxylic acids is 1. The minimum absolute atomic E-state index is 0.0525. The number of sulfone groups is 1. The molecular formula is C11H12O3S. The molecule has 1 aliphatic heterocycles. The van der Waals surface area contributed by atoms with Crippen molar-refractivity contribution in [2.45, 2.75) is 25.2 Å². The summed E-state index contributed by atoms with van der Waals surface area (Å²) in [6.45, 7) is 3.61. The van der Waals surface area contributed by atoms with Crippen molar-refractivity contribution in [3.8, 4) is 0 Å². The van der Waals surface area contributed by atoms with E-state index in [4.69, 9.17) is 0 Å². The summed E-state index contributed by atoms with van der Waals surface area (Å²) in [7, 11) is -3.25. The predicted molar refractivity (Wildman–Crippen MR) is 56.9 cm³/mol. The molecule has 4 heteroatoms. The lowest BCUT2D eigenvalue weighted by atomic mass is 10.0. The average molecular weight is 224 g/mol. The average Bonchev–Trinajstić information content (AvgIpc) is 2.16. The van der Waals surface area contributed by atoms with Crippen molar-refractivity contribution in [3.05, 3.63) is 28.8 Å². The van der Waals surface area contributed by atoms with E-state index >= 15 is 0 Å². The zero-order valence-electron chi connectivity index (χ0n) is 8.70. The fraction of sp³-hybridized carbons (Fsp3) is 0.364. The van der Waals surface area contributed by atoms with Crippen LogP contribution < -0.4 is 0 Å². The first kappa shape index (κ1) is 10.4. The van der Waals surface area contributed by atoms with E-state index in [1.165, 1.54) is 0 Å². The number of Topliss-reactive ketones (excluding diaryl/α,β-unsaturated/α-hetero) is 1. The van der Waals surface area contributed by atoms with Crippen LogP contribution in [-0.2, 0) is 9.84 Å². The van der Waals surface area contributed by atoms with Gasteiger partial charge in [0.05, 0.1) is 10.6 Å². The second kappa shape index (κ2) is 3.17. The van der Waals surface area contributed by atoms with E-state index in [1.54, 1.807) is 19.1 Å². The van der Waals surface area contributed by atoms with E-state index in [1.807, 2.05) is 6.92 Å². The minimum atomic E-state index is -3.25. The Morgan fingerprint density at radius 2 is 1.87 bits per heavy atom. The maximum absolute atomic E-state index is 11.8. The van der Waals surface area contributed by atoms with Gasteiger partial charge in [0, 0.05) is 12.0 Å². The van der Waals surface area contributed by atoms with Gasteiger partial charge < -0.3 is 0 Å². The fourth-order valence-electron chi connectivity index (χ4n) is 1.87. The number of aryl methyl sites for hydroxylation is 1. The molecule has 1 heterocycles. The number of benzene rings is 1. The van der Waals surface area contributed by atoms with Gasteiger partial charge in [-0.25, -0.2) is 8.42 Å². The Morgan fingerprint density at radius 3 is 2.53 bits per heavy atom. The Hall–Kier alpha value is -1.16. The Bertz CT molecular complexity index is 541. The summed E-state index contributed by atoms with van der Waals surface area (Å²) in [4.78, 5) is 11.8. The highest BCUT2D eigenvalue weighted by atomic mass is 32.2. The highest BCUT2D eigenvalue weighted by molar-refractivity contribution is 7.91. The van der Waals surface area contributed by atoms with Crippen LogP contribution in [0, 0.1) is 13.8 Å². The van der Waals surface area contributed by atoms with Gasteiger partial charge in [0.25, 0.3) is 0 Å². The van der Waals surface area contributed by atoms with Crippen LogP contribution in [0.1, 0.15) is 27.9 Å². The van der Waals surface area contributed by atoms with Gasteiger partial charge in [-0.3, -0.25) is 4.79 Å². The fourth-order valence-corrected chi connectivity index (χ4v) is 3.68. The van der Waals surface area contributed by atoms with E-state index in [-0.39, 0.29) is 22.9 Å². The molecule has 15 heavy (non-hydrogen) atoms. The zero-order valence-corrected chi connectivity index (χ0v) is 9.52. The summed E-state index contributed by atoms with van der Waals surface area (Å²) < 4.78 is 23.7. The van der Waals surface area contributed by atoms with Crippen LogP contribution in [0.15, 0.2) is 17.0 Å². The van der Waals surface area contributed by atoms with Crippen molar-refractivity contribution >= 4 is 15.6 Å². The highest BCUT2D eigenvalue weighted by Gasteiger charge is 2.30. The van der Waals surface area contributed by atoms with Crippen LogP contribution in [0.4, 0.5) is 0 Å². The molecule has 0 fully saturated rings. The van der Waals surface area contributed by atoms with Gasteiger partial charge in [-0.1, -0.05) is 6.07 Å². The van der Waals surface area contributed by atoms with E-state index < -0.39 is 9.84 Å². The number of rotatable bonds is 0. The van der Waals surface area contributed by atoms with Gasteiger partial charge in [-0.2, -0.15) is 0 Å². The number of carbonyl (C=O) groups is 1. The molecule has 0 aliphatic carbocycles. The van der Waals surface area contributed by atoms with Crippen molar-refractivity contribution in [1.29, 1.82) is 0 Å². The number of hydrogen-bond donors (Lipinski definition) is 0. The zero-order chi connectivity index (χ0) is 11.2. The molecule has 0 spiro atoms. The third-order valence-electron chi connectivity index (χ3n) is 2.89. The van der Waals surface area contributed by atoms with Crippen LogP contribution in [0.3, 0.4) is 0 Å². The molecule has 1 aromatic rings. The third-order valence-corrected chi connectivity index (χ3v) is 4.78. The second-order valence-electron chi connectivity index (χ2n) is 3.88. The predicted octanol–water partition coefficient (Wildman–Crippen LogP) is 1.66. The summed E-state index contributed by atoms with van der Waals surface area (Å²) in [6, 6.07) is 3.42. The first-order valence-electron chi connectivity index (χ1n) is 4.79. The molecule has 0 radical (unpaired) electrons. The highest BCUT2D eigenvalue weighted by Crippen LogP contribution is 2.29. The molecule has 1 aromatic carbocycles. The molecule has 0 amide bonds. The molecule has 0 atom stereocenters. The lowest BCUT2D eigenvalue weighted by Crippen LogP contribution is -2.22. The van der Waals surface area contributed by atoms with Crippen molar-refractivity contribution in [2.24, 2.45) is 0 Å². The maximum Gasteiger partial charge on any atom is 0.179 e. The Balaban J connectivity index is 2.87. The van der Waals surface area contributed by atoms with E-state index in [2.05, 4.69) is 0 Å². The van der Waals surface area contributed by atoms with E-state index in [0.29, 0.717) is 11.1 Å². The van der Waals surface area contributed by atoms with Gasteiger partial charge in [0.1, 0.15) is 0 Å². The molecule has 0 aromatic heterocycles. The normalized spacial score (nSPS) is 18.7. The Kier molecular flexibility index (Phi) is 2.19. The van der Waals surface area contributed by atoms with Crippen LogP contribution in [0.2, 0.25) is 0 Å². The van der Waals surface area contributed by atoms with E-state index in [9.17, 15) is 13.2 Å². The molecular weight excluding hydrogens is 212 g/mol. The van der Waals surface area contributed by atoms with Crippen molar-refractivity contribution in [3.63, 3.8) is 0 Å². The molecule has 0 saturated carbocycles. The lowest BCUT2D eigenvalue weighted by molar-refractivity contribution is 0.0983. The quantitative estimate of drug-likeness (QED) is 0.673. The standard InChI is InChI=1S/C11H12O3S/c1-7-3-4-9-10(12)5-6-15(13,14)11(9)8(7)2/h3-4H,5-6H2,1-2H3. The third kappa shape index (κ3) is 1.49. The Morgan fingerprint density at radius 1 is 1.20 bits per heavy atom.